The molecule has 100 valence electrons. The number of aromatic nitrogens is 2. The van der Waals surface area contributed by atoms with Crippen LogP contribution in [0.25, 0.3) is 0 Å². The van der Waals surface area contributed by atoms with Crippen molar-refractivity contribution >= 4 is 17.1 Å². The van der Waals surface area contributed by atoms with Crippen molar-refractivity contribution in [2.75, 3.05) is 17.6 Å². The van der Waals surface area contributed by atoms with Crippen LogP contribution in [0.3, 0.4) is 0 Å². The van der Waals surface area contributed by atoms with Crippen LogP contribution in [0.5, 0.6) is 0 Å². The number of nitrogens with two attached hydrogens (primary N) is 1. The van der Waals surface area contributed by atoms with Gasteiger partial charge in [-0.1, -0.05) is 5.16 Å². The molecular formula is C11H13N5O3. The maximum atomic E-state index is 10.6. The van der Waals surface area contributed by atoms with E-state index in [1.165, 1.54) is 12.1 Å². The largest absolute Gasteiger partial charge is 0.393 e. The number of anilines is 2. The first-order valence-electron chi connectivity index (χ1n) is 5.63. The first-order valence-corrected chi connectivity index (χ1v) is 5.63. The third kappa shape index (κ3) is 3.18. The highest BCUT2D eigenvalue weighted by molar-refractivity contribution is 5.65. The van der Waals surface area contributed by atoms with Gasteiger partial charge in [-0.2, -0.15) is 4.98 Å². The first kappa shape index (κ1) is 12.8. The van der Waals surface area contributed by atoms with Gasteiger partial charge in [-0.05, 0) is 12.1 Å². The summed E-state index contributed by atoms with van der Waals surface area (Å²) in [6.45, 7) is 2.30. The number of hydrogen-bond acceptors (Lipinski definition) is 7. The lowest BCUT2D eigenvalue weighted by Gasteiger charge is -2.05. The predicted molar refractivity (Wildman–Crippen MR) is 68.7 cm³/mol. The molecule has 0 saturated heterocycles. The van der Waals surface area contributed by atoms with Gasteiger partial charge in [0, 0.05) is 31.6 Å². The van der Waals surface area contributed by atoms with E-state index in [1.807, 2.05) is 0 Å². The topological polar surface area (TPSA) is 120 Å². The minimum Gasteiger partial charge on any atom is -0.393 e. The van der Waals surface area contributed by atoms with Crippen LogP contribution in [0.2, 0.25) is 0 Å². The molecule has 0 spiro atoms. The summed E-state index contributed by atoms with van der Waals surface area (Å²) in [5.74, 6) is 1.13. The first-order chi connectivity index (χ1) is 9.06. The summed E-state index contributed by atoms with van der Waals surface area (Å²) >= 11 is 0. The van der Waals surface area contributed by atoms with E-state index in [0.29, 0.717) is 30.4 Å². The van der Waals surface area contributed by atoms with Crippen LogP contribution in [0.15, 0.2) is 22.7 Å². The van der Waals surface area contributed by atoms with Crippen molar-refractivity contribution in [3.8, 4) is 0 Å². The van der Waals surface area contributed by atoms with E-state index in [2.05, 4.69) is 15.5 Å². The van der Waals surface area contributed by atoms with Crippen LogP contribution < -0.4 is 11.1 Å². The Bertz CT molecular complexity index is 596. The molecule has 0 bridgehead atoms. The van der Waals surface area contributed by atoms with Gasteiger partial charge < -0.3 is 15.6 Å². The summed E-state index contributed by atoms with van der Waals surface area (Å²) in [5.41, 5.74) is 6.33. The number of hydrogen-bond donors (Lipinski definition) is 2. The summed E-state index contributed by atoms with van der Waals surface area (Å²) < 4.78 is 4.84. The highest BCUT2D eigenvalue weighted by atomic mass is 16.6. The van der Waals surface area contributed by atoms with Gasteiger partial charge in [0.2, 0.25) is 5.89 Å². The molecule has 2 aromatic rings. The molecule has 0 amide bonds. The third-order valence-electron chi connectivity index (χ3n) is 2.47. The summed E-state index contributed by atoms with van der Waals surface area (Å²) in [6, 6.07) is 4.51. The van der Waals surface area contributed by atoms with Crippen molar-refractivity contribution in [2.24, 2.45) is 0 Å². The van der Waals surface area contributed by atoms with Gasteiger partial charge in [0.15, 0.2) is 5.82 Å². The number of nitro groups is 1. The summed E-state index contributed by atoms with van der Waals surface area (Å²) in [6.07, 6.45) is 0.592. The standard InChI is InChI=1S/C11H13N5O3/c1-7-14-11(15-19-7)4-5-13-8-2-3-10(16(17)18)9(12)6-8/h2-3,6,13H,4-5,12H2,1H3. The average Bonchev–Trinajstić information content (AvgIpc) is 2.75. The maximum absolute atomic E-state index is 10.6. The van der Waals surface area contributed by atoms with Crippen molar-refractivity contribution in [3.63, 3.8) is 0 Å². The van der Waals surface area contributed by atoms with Crippen molar-refractivity contribution < 1.29 is 9.45 Å². The highest BCUT2D eigenvalue weighted by Gasteiger charge is 2.10. The second kappa shape index (κ2) is 5.34. The van der Waals surface area contributed by atoms with Gasteiger partial charge in [0.25, 0.3) is 5.69 Å². The second-order valence-corrected chi connectivity index (χ2v) is 3.94. The smallest absolute Gasteiger partial charge is 0.292 e. The molecule has 0 atom stereocenters. The van der Waals surface area contributed by atoms with Gasteiger partial charge in [-0.25, -0.2) is 0 Å². The highest BCUT2D eigenvalue weighted by Crippen LogP contribution is 2.24. The minimum atomic E-state index is -0.513. The van der Waals surface area contributed by atoms with Gasteiger partial charge in [-0.15, -0.1) is 0 Å². The normalized spacial score (nSPS) is 10.4. The van der Waals surface area contributed by atoms with Crippen LogP contribution in [-0.2, 0) is 6.42 Å². The number of aryl methyl sites for hydroxylation is 1. The lowest BCUT2D eigenvalue weighted by atomic mass is 10.2. The monoisotopic (exact) mass is 263 g/mol. The van der Waals surface area contributed by atoms with Crippen LogP contribution in [0.4, 0.5) is 17.1 Å². The molecule has 1 aromatic heterocycles. The van der Waals surface area contributed by atoms with Gasteiger partial charge in [-0.3, -0.25) is 10.1 Å². The average molecular weight is 263 g/mol. The molecular weight excluding hydrogens is 250 g/mol. The van der Waals surface area contributed by atoms with Crippen molar-refractivity contribution in [1.82, 2.24) is 10.1 Å². The maximum Gasteiger partial charge on any atom is 0.292 e. The number of benzene rings is 1. The summed E-state index contributed by atoms with van der Waals surface area (Å²) in [4.78, 5) is 14.2. The fraction of sp³-hybridized carbons (Fsp3) is 0.273. The zero-order chi connectivity index (χ0) is 13.8. The minimum absolute atomic E-state index is 0.0978. The molecule has 0 aliphatic carbocycles. The zero-order valence-electron chi connectivity index (χ0n) is 10.3. The Kier molecular flexibility index (Phi) is 3.60. The molecule has 0 unspecified atom stereocenters. The number of rotatable bonds is 5. The fourth-order valence-corrected chi connectivity index (χ4v) is 1.59. The molecule has 3 N–H and O–H groups in total. The molecule has 0 saturated carbocycles. The Morgan fingerprint density at radius 3 is 2.89 bits per heavy atom. The van der Waals surface area contributed by atoms with E-state index >= 15 is 0 Å². The SMILES string of the molecule is Cc1nc(CCNc2ccc([N+](=O)[O-])c(N)c2)no1. The quantitative estimate of drug-likeness (QED) is 0.476. The van der Waals surface area contributed by atoms with Crippen LogP contribution in [-0.4, -0.2) is 21.6 Å². The van der Waals surface area contributed by atoms with E-state index in [4.69, 9.17) is 10.3 Å². The second-order valence-electron chi connectivity index (χ2n) is 3.94. The number of nitrogens with zero attached hydrogens (tertiary/aromatic N) is 3. The summed E-state index contributed by atoms with van der Waals surface area (Å²) in [7, 11) is 0. The Hall–Kier alpha value is -2.64. The van der Waals surface area contributed by atoms with E-state index in [0.717, 1.165) is 0 Å². The molecule has 1 aromatic carbocycles. The Morgan fingerprint density at radius 1 is 1.53 bits per heavy atom. The van der Waals surface area contributed by atoms with Crippen molar-refractivity contribution in [3.05, 3.63) is 40.0 Å². The Balaban J connectivity index is 1.93. The van der Waals surface area contributed by atoms with Crippen LogP contribution >= 0.6 is 0 Å². The fourth-order valence-electron chi connectivity index (χ4n) is 1.59. The molecule has 19 heavy (non-hydrogen) atoms. The lowest BCUT2D eigenvalue weighted by molar-refractivity contribution is -0.383. The van der Waals surface area contributed by atoms with E-state index in [-0.39, 0.29) is 11.4 Å². The molecule has 1 heterocycles. The van der Waals surface area contributed by atoms with Gasteiger partial charge in [0.1, 0.15) is 5.69 Å². The van der Waals surface area contributed by atoms with Crippen LogP contribution in [0, 0.1) is 17.0 Å². The Labute approximate surface area is 108 Å². The molecule has 8 nitrogen and oxygen atoms in total. The van der Waals surface area contributed by atoms with Gasteiger partial charge in [0.05, 0.1) is 4.92 Å². The number of nitro benzene ring substituents is 1. The molecule has 8 heteroatoms. The third-order valence-corrected chi connectivity index (χ3v) is 2.47. The molecule has 0 aliphatic heterocycles. The Morgan fingerprint density at radius 2 is 2.32 bits per heavy atom. The van der Waals surface area contributed by atoms with Crippen molar-refractivity contribution in [1.29, 1.82) is 0 Å². The molecule has 0 fully saturated rings. The lowest BCUT2D eigenvalue weighted by Crippen LogP contribution is -2.06. The molecule has 0 radical (unpaired) electrons. The zero-order valence-corrected chi connectivity index (χ0v) is 10.3. The van der Waals surface area contributed by atoms with Crippen molar-refractivity contribution in [2.45, 2.75) is 13.3 Å². The van der Waals surface area contributed by atoms with E-state index in [1.54, 1.807) is 13.0 Å². The number of nitrogens with one attached hydrogen (secondary N) is 1. The molecule has 0 aliphatic rings. The summed E-state index contributed by atoms with van der Waals surface area (Å²) in [5, 5.41) is 17.5. The predicted octanol–water partition coefficient (Wildman–Crippen LogP) is 1.52. The van der Waals surface area contributed by atoms with E-state index < -0.39 is 4.92 Å². The number of nitrogen functional groups attached to an aromatic ring is 1. The van der Waals surface area contributed by atoms with E-state index in [9.17, 15) is 10.1 Å². The molecule has 2 rings (SSSR count). The van der Waals surface area contributed by atoms with Gasteiger partial charge >= 0.3 is 0 Å². The van der Waals surface area contributed by atoms with Crippen LogP contribution in [0.1, 0.15) is 11.7 Å².